The van der Waals surface area contributed by atoms with Crippen LogP contribution in [0.15, 0.2) is 0 Å². The van der Waals surface area contributed by atoms with Gasteiger partial charge in [-0.25, -0.2) is 4.98 Å². The van der Waals surface area contributed by atoms with Crippen molar-refractivity contribution in [3.63, 3.8) is 0 Å². The number of aromatic nitrogens is 1. The quantitative estimate of drug-likeness (QED) is 0.807. The Morgan fingerprint density at radius 1 is 1.63 bits per heavy atom. The van der Waals surface area contributed by atoms with Gasteiger partial charge in [0.25, 0.3) is 5.91 Å². The summed E-state index contributed by atoms with van der Waals surface area (Å²) in [7, 11) is 0.933. The molecule has 1 rings (SSSR count). The summed E-state index contributed by atoms with van der Waals surface area (Å²) < 4.78 is 11.2. The summed E-state index contributed by atoms with van der Waals surface area (Å²) in [5.74, 6) is -0.0221. The maximum absolute atomic E-state index is 12.0. The summed E-state index contributed by atoms with van der Waals surface area (Å²) in [6.07, 6.45) is 1.62. The fourth-order valence-electron chi connectivity index (χ4n) is 1.22. The van der Waals surface area contributed by atoms with E-state index in [1.807, 2.05) is 25.8 Å². The van der Waals surface area contributed by atoms with E-state index in [1.165, 1.54) is 11.3 Å². The Labute approximate surface area is 119 Å². The number of nitrogens with one attached hydrogen (secondary N) is 1. The van der Waals surface area contributed by atoms with Crippen molar-refractivity contribution in [2.24, 2.45) is 0 Å². The standard InChI is InChI=1S/C11H20N4O2S2/c1-5-15(3)11-14-9(12)8(18-11)10(16)13-6-7(2)19(4)17/h7H,5-6,12H2,1-4H3,(H,13,16). The highest BCUT2D eigenvalue weighted by molar-refractivity contribution is 7.84. The van der Waals surface area contributed by atoms with Crippen LogP contribution < -0.4 is 16.0 Å². The van der Waals surface area contributed by atoms with Gasteiger partial charge in [0.05, 0.1) is 0 Å². The summed E-state index contributed by atoms with van der Waals surface area (Å²) in [5.41, 5.74) is 5.75. The smallest absolute Gasteiger partial charge is 0.265 e. The maximum atomic E-state index is 12.0. The van der Waals surface area contributed by atoms with Crippen LogP contribution >= 0.6 is 11.3 Å². The van der Waals surface area contributed by atoms with Gasteiger partial charge in [0, 0.05) is 42.4 Å². The number of hydrogen-bond donors (Lipinski definition) is 2. The molecule has 1 amide bonds. The van der Waals surface area contributed by atoms with E-state index in [0.29, 0.717) is 11.4 Å². The molecule has 108 valence electrons. The maximum Gasteiger partial charge on any atom is 0.265 e. The third kappa shape index (κ3) is 4.17. The molecule has 0 aliphatic rings. The van der Waals surface area contributed by atoms with E-state index >= 15 is 0 Å². The van der Waals surface area contributed by atoms with E-state index in [4.69, 9.17) is 5.73 Å². The molecule has 6 nitrogen and oxygen atoms in total. The van der Waals surface area contributed by atoms with Crippen molar-refractivity contribution >= 4 is 39.0 Å². The van der Waals surface area contributed by atoms with E-state index in [9.17, 15) is 9.00 Å². The molecule has 0 aliphatic heterocycles. The zero-order valence-electron chi connectivity index (χ0n) is 11.6. The lowest BCUT2D eigenvalue weighted by Crippen LogP contribution is -2.32. The number of thiazole rings is 1. The molecule has 1 aromatic rings. The molecule has 0 bridgehead atoms. The molecule has 0 saturated heterocycles. The van der Waals surface area contributed by atoms with Gasteiger partial charge in [-0.3, -0.25) is 9.00 Å². The number of anilines is 2. The van der Waals surface area contributed by atoms with Crippen LogP contribution in [-0.2, 0) is 10.8 Å². The number of nitrogens with zero attached hydrogens (tertiary/aromatic N) is 2. The minimum absolute atomic E-state index is 0.0871. The molecule has 0 fully saturated rings. The Morgan fingerprint density at radius 2 is 2.26 bits per heavy atom. The number of nitrogens with two attached hydrogens (primary N) is 1. The number of carbonyl (C=O) groups excluding carboxylic acids is 1. The molecule has 19 heavy (non-hydrogen) atoms. The van der Waals surface area contributed by atoms with Gasteiger partial charge in [-0.1, -0.05) is 11.3 Å². The third-order valence-corrected chi connectivity index (χ3v) is 5.25. The topological polar surface area (TPSA) is 88.3 Å². The molecular formula is C11H20N4O2S2. The van der Waals surface area contributed by atoms with Crippen LogP contribution in [0.2, 0.25) is 0 Å². The lowest BCUT2D eigenvalue weighted by atomic mass is 10.4. The fourth-order valence-corrected chi connectivity index (χ4v) is 2.46. The van der Waals surface area contributed by atoms with Gasteiger partial charge in [-0.05, 0) is 13.8 Å². The lowest BCUT2D eigenvalue weighted by molar-refractivity contribution is 0.0959. The van der Waals surface area contributed by atoms with Gasteiger partial charge in [0.1, 0.15) is 10.7 Å². The van der Waals surface area contributed by atoms with Crippen molar-refractivity contribution in [3.8, 4) is 0 Å². The minimum atomic E-state index is -0.958. The lowest BCUT2D eigenvalue weighted by Gasteiger charge is -2.11. The molecule has 0 radical (unpaired) electrons. The molecule has 0 saturated carbocycles. The van der Waals surface area contributed by atoms with Crippen LogP contribution in [0, 0.1) is 0 Å². The predicted octanol–water partition coefficient (Wildman–Crippen LogP) is 0.678. The highest BCUT2D eigenvalue weighted by Crippen LogP contribution is 2.27. The van der Waals surface area contributed by atoms with Crippen molar-refractivity contribution in [2.75, 3.05) is 37.0 Å². The van der Waals surface area contributed by atoms with Crippen LogP contribution in [0.1, 0.15) is 23.5 Å². The molecule has 0 spiro atoms. The summed E-state index contributed by atoms with van der Waals surface area (Å²) in [6, 6.07) is 0. The van der Waals surface area contributed by atoms with Crippen molar-refractivity contribution in [3.05, 3.63) is 4.88 Å². The summed E-state index contributed by atoms with van der Waals surface area (Å²) in [6.45, 7) is 4.97. The van der Waals surface area contributed by atoms with Gasteiger partial charge in [-0.2, -0.15) is 0 Å². The minimum Gasteiger partial charge on any atom is -0.382 e. The SMILES string of the molecule is CCN(C)c1nc(N)c(C(=O)NCC(C)S(C)=O)s1. The first-order chi connectivity index (χ1) is 8.86. The van der Waals surface area contributed by atoms with E-state index < -0.39 is 10.8 Å². The van der Waals surface area contributed by atoms with Crippen LogP contribution in [-0.4, -0.2) is 46.7 Å². The molecule has 1 aromatic heterocycles. The number of nitrogen functional groups attached to an aromatic ring is 1. The zero-order chi connectivity index (χ0) is 14.6. The molecule has 0 aliphatic carbocycles. The summed E-state index contributed by atoms with van der Waals surface area (Å²) in [5, 5.41) is 3.36. The number of carbonyl (C=O) groups is 1. The van der Waals surface area contributed by atoms with Crippen molar-refractivity contribution in [1.82, 2.24) is 10.3 Å². The Morgan fingerprint density at radius 3 is 2.79 bits per heavy atom. The number of hydrogen-bond acceptors (Lipinski definition) is 6. The van der Waals surface area contributed by atoms with E-state index in [1.54, 1.807) is 6.26 Å². The molecule has 1 heterocycles. The molecule has 0 aromatic carbocycles. The monoisotopic (exact) mass is 304 g/mol. The predicted molar refractivity (Wildman–Crippen MR) is 81.3 cm³/mol. The molecular weight excluding hydrogens is 284 g/mol. The second-order valence-electron chi connectivity index (χ2n) is 4.24. The average molecular weight is 304 g/mol. The largest absolute Gasteiger partial charge is 0.382 e. The first kappa shape index (κ1) is 15.9. The Bertz CT molecular complexity index is 475. The van der Waals surface area contributed by atoms with E-state index in [2.05, 4.69) is 10.3 Å². The Hall–Kier alpha value is -1.15. The van der Waals surface area contributed by atoms with Crippen molar-refractivity contribution in [2.45, 2.75) is 19.1 Å². The Kier molecular flexibility index (Phi) is 5.74. The van der Waals surface area contributed by atoms with Gasteiger partial charge >= 0.3 is 0 Å². The van der Waals surface area contributed by atoms with E-state index in [0.717, 1.165) is 11.7 Å². The van der Waals surface area contributed by atoms with Crippen molar-refractivity contribution < 1.29 is 9.00 Å². The first-order valence-electron chi connectivity index (χ1n) is 5.94. The van der Waals surface area contributed by atoms with Gasteiger partial charge in [0.2, 0.25) is 0 Å². The van der Waals surface area contributed by atoms with Crippen LogP contribution in [0.25, 0.3) is 0 Å². The van der Waals surface area contributed by atoms with Crippen molar-refractivity contribution in [1.29, 1.82) is 0 Å². The van der Waals surface area contributed by atoms with Crippen LogP contribution in [0.4, 0.5) is 10.9 Å². The average Bonchev–Trinajstić information content (AvgIpc) is 2.76. The van der Waals surface area contributed by atoms with Crippen LogP contribution in [0.3, 0.4) is 0 Å². The van der Waals surface area contributed by atoms with E-state index in [-0.39, 0.29) is 17.0 Å². The molecule has 8 heteroatoms. The number of rotatable bonds is 6. The fraction of sp³-hybridized carbons (Fsp3) is 0.636. The zero-order valence-corrected chi connectivity index (χ0v) is 13.2. The molecule has 2 atom stereocenters. The first-order valence-corrected chi connectivity index (χ1v) is 8.38. The summed E-state index contributed by atoms with van der Waals surface area (Å²) in [4.78, 5) is 18.5. The van der Waals surface area contributed by atoms with Gasteiger partial charge in [0.15, 0.2) is 5.13 Å². The normalized spacial score (nSPS) is 13.9. The highest BCUT2D eigenvalue weighted by atomic mass is 32.2. The highest BCUT2D eigenvalue weighted by Gasteiger charge is 2.18. The molecule has 3 N–H and O–H groups in total. The molecule has 2 unspecified atom stereocenters. The van der Waals surface area contributed by atoms with Gasteiger partial charge in [-0.15, -0.1) is 0 Å². The van der Waals surface area contributed by atoms with Crippen LogP contribution in [0.5, 0.6) is 0 Å². The Balaban J connectivity index is 2.72. The second-order valence-corrected chi connectivity index (χ2v) is 7.02. The van der Waals surface area contributed by atoms with Gasteiger partial charge < -0.3 is 16.0 Å². The number of amides is 1. The summed E-state index contributed by atoms with van der Waals surface area (Å²) >= 11 is 1.26. The second kappa shape index (κ2) is 6.85. The third-order valence-electron chi connectivity index (χ3n) is 2.77.